The first-order chi connectivity index (χ1) is 21.5. The Morgan fingerprint density at radius 2 is 1.07 bits per heavy atom. The number of hydrogen-bond donors (Lipinski definition) is 0. The molecule has 0 atom stereocenters. The Bertz CT molecular complexity index is 1670. The second-order valence-corrected chi connectivity index (χ2v) is 10.7. The Kier molecular flexibility index (Phi) is 9.94. The van der Waals surface area contributed by atoms with Crippen molar-refractivity contribution in [2.75, 3.05) is 24.6 Å². The molecular formula is C35H32BrN5O4. The molecular weight excluding hydrogens is 634 g/mol. The molecule has 4 amide bonds. The molecule has 0 radical (unpaired) electrons. The number of nitrogens with zero attached hydrogens (tertiary/aromatic N) is 5. The number of unbranched alkanes of at least 4 members (excludes halogenated alkanes) is 1. The summed E-state index contributed by atoms with van der Waals surface area (Å²) in [6, 6.07) is 27.6. The lowest BCUT2D eigenvalue weighted by atomic mass is 10.1. The first-order valence-electron chi connectivity index (χ1n) is 14.8. The smallest absolute Gasteiger partial charge is 0.261 e. The summed E-state index contributed by atoms with van der Waals surface area (Å²) < 4.78 is 2.07. The number of aryl methyl sites for hydroxylation is 1. The summed E-state index contributed by atoms with van der Waals surface area (Å²) in [4.78, 5) is 53.2. The number of aromatic nitrogens is 1. The van der Waals surface area contributed by atoms with Crippen LogP contribution >= 0.6 is 0 Å². The first-order valence-corrected chi connectivity index (χ1v) is 14.8. The molecule has 228 valence electrons. The molecule has 0 saturated carbocycles. The minimum absolute atomic E-state index is 0. The third-order valence-electron chi connectivity index (χ3n) is 7.87. The van der Waals surface area contributed by atoms with E-state index in [0.717, 1.165) is 24.2 Å². The average molecular weight is 667 g/mol. The molecule has 0 aliphatic carbocycles. The number of benzene rings is 3. The number of hydrazone groups is 1. The second-order valence-electron chi connectivity index (χ2n) is 10.7. The number of pyridine rings is 1. The van der Waals surface area contributed by atoms with Gasteiger partial charge in [0.2, 0.25) is 0 Å². The zero-order valence-electron chi connectivity index (χ0n) is 24.6. The fourth-order valence-electron chi connectivity index (χ4n) is 5.52. The highest BCUT2D eigenvalue weighted by molar-refractivity contribution is 6.22. The lowest BCUT2D eigenvalue weighted by Crippen LogP contribution is -3.00. The lowest BCUT2D eigenvalue weighted by molar-refractivity contribution is -0.697. The van der Waals surface area contributed by atoms with Gasteiger partial charge in [0.05, 0.1) is 34.2 Å². The van der Waals surface area contributed by atoms with Gasteiger partial charge in [0.25, 0.3) is 23.6 Å². The summed E-state index contributed by atoms with van der Waals surface area (Å²) in [6.07, 6.45) is 7.86. The third-order valence-corrected chi connectivity index (χ3v) is 7.87. The number of carbonyl (C=O) groups excluding carboxylic acids is 4. The maximum Gasteiger partial charge on any atom is 0.261 e. The summed E-state index contributed by atoms with van der Waals surface area (Å²) >= 11 is 0. The van der Waals surface area contributed by atoms with Gasteiger partial charge in [-0.25, -0.2) is 4.57 Å². The van der Waals surface area contributed by atoms with Crippen molar-refractivity contribution in [1.29, 1.82) is 0 Å². The molecule has 10 heteroatoms. The average Bonchev–Trinajstić information content (AvgIpc) is 3.46. The number of imide groups is 2. The van der Waals surface area contributed by atoms with Crippen LogP contribution < -0.4 is 26.6 Å². The van der Waals surface area contributed by atoms with Gasteiger partial charge < -0.3 is 17.0 Å². The number of halogens is 1. The highest BCUT2D eigenvalue weighted by Crippen LogP contribution is 2.24. The monoisotopic (exact) mass is 665 g/mol. The molecule has 0 fully saturated rings. The number of para-hydroxylation sites is 1. The van der Waals surface area contributed by atoms with Gasteiger partial charge >= 0.3 is 0 Å². The highest BCUT2D eigenvalue weighted by Gasteiger charge is 2.35. The van der Waals surface area contributed by atoms with Gasteiger partial charge in [-0.15, -0.1) is 0 Å². The molecule has 0 N–H and O–H groups in total. The van der Waals surface area contributed by atoms with Crippen LogP contribution in [0.15, 0.2) is 108 Å². The maximum absolute atomic E-state index is 12.7. The van der Waals surface area contributed by atoms with E-state index in [1.165, 1.54) is 9.80 Å². The van der Waals surface area contributed by atoms with Crippen LogP contribution in [-0.4, -0.2) is 59.3 Å². The molecule has 0 bridgehead atoms. The standard InChI is InChI=1S/C35H32N5O4.BrH/c41-32-28-13-4-5-14-29(28)33(42)38(32)20-9-8-19-37-23-17-26(18-24-37)25-36-40(27-11-2-1-3-12-27)22-10-21-39-34(43)30-15-6-7-16-31(30)35(39)44;/h1-7,11-18,23-25H,8-10,19-22H2;1H/q+1;/p-1. The zero-order valence-corrected chi connectivity index (χ0v) is 26.2. The van der Waals surface area contributed by atoms with E-state index in [1.54, 1.807) is 54.7 Å². The second kappa shape index (κ2) is 14.2. The summed E-state index contributed by atoms with van der Waals surface area (Å²) in [5, 5.41) is 6.60. The Morgan fingerprint density at radius 3 is 1.58 bits per heavy atom. The van der Waals surface area contributed by atoms with E-state index in [2.05, 4.69) is 4.57 Å². The van der Waals surface area contributed by atoms with E-state index < -0.39 is 0 Å². The molecule has 6 rings (SSSR count). The molecule has 3 aromatic carbocycles. The number of anilines is 1. The molecule has 0 saturated heterocycles. The molecule has 2 aliphatic rings. The largest absolute Gasteiger partial charge is 1.00 e. The van der Waals surface area contributed by atoms with Crippen LogP contribution in [0.1, 0.15) is 66.3 Å². The summed E-state index contributed by atoms with van der Waals surface area (Å²) in [5.74, 6) is -0.923. The van der Waals surface area contributed by atoms with E-state index in [1.807, 2.05) is 59.9 Å². The van der Waals surface area contributed by atoms with Crippen molar-refractivity contribution in [2.45, 2.75) is 25.8 Å². The van der Waals surface area contributed by atoms with E-state index in [9.17, 15) is 19.2 Å². The number of rotatable bonds is 12. The number of carbonyl (C=O) groups is 4. The predicted octanol–water partition coefficient (Wildman–Crippen LogP) is 1.58. The van der Waals surface area contributed by atoms with Crippen molar-refractivity contribution < 1.29 is 40.7 Å². The van der Waals surface area contributed by atoms with Crippen molar-refractivity contribution in [3.05, 3.63) is 131 Å². The normalized spacial score (nSPS) is 13.8. The van der Waals surface area contributed by atoms with E-state index >= 15 is 0 Å². The van der Waals surface area contributed by atoms with Gasteiger partial charge in [0, 0.05) is 43.8 Å². The fourth-order valence-corrected chi connectivity index (χ4v) is 5.52. The van der Waals surface area contributed by atoms with Gasteiger partial charge in [-0.05, 0) is 49.2 Å². The van der Waals surface area contributed by atoms with Gasteiger partial charge in [-0.1, -0.05) is 42.5 Å². The van der Waals surface area contributed by atoms with E-state index in [-0.39, 0.29) is 40.6 Å². The van der Waals surface area contributed by atoms with Crippen LogP contribution in [-0.2, 0) is 6.54 Å². The molecule has 0 unspecified atom stereocenters. The van der Waals surface area contributed by atoms with Crippen LogP contribution in [0.2, 0.25) is 0 Å². The summed E-state index contributed by atoms with van der Waals surface area (Å²) in [6.45, 7) is 1.99. The Hall–Kier alpha value is -4.96. The molecule has 1 aromatic heterocycles. The quantitative estimate of drug-likeness (QED) is 0.0754. The summed E-state index contributed by atoms with van der Waals surface area (Å²) in [5.41, 5.74) is 3.72. The zero-order chi connectivity index (χ0) is 30.5. The van der Waals surface area contributed by atoms with Crippen molar-refractivity contribution in [3.8, 4) is 0 Å². The van der Waals surface area contributed by atoms with Gasteiger partial charge in [-0.3, -0.25) is 34.0 Å². The van der Waals surface area contributed by atoms with E-state index in [4.69, 9.17) is 5.10 Å². The first kappa shape index (κ1) is 31.5. The molecule has 45 heavy (non-hydrogen) atoms. The van der Waals surface area contributed by atoms with Crippen LogP contribution in [0.5, 0.6) is 0 Å². The number of hydrogen-bond acceptors (Lipinski definition) is 6. The number of amides is 4. The Morgan fingerprint density at radius 1 is 0.600 bits per heavy atom. The lowest BCUT2D eigenvalue weighted by Gasteiger charge is -2.21. The van der Waals surface area contributed by atoms with Crippen molar-refractivity contribution in [2.24, 2.45) is 5.10 Å². The maximum atomic E-state index is 12.7. The molecule has 2 aliphatic heterocycles. The minimum Gasteiger partial charge on any atom is -1.00 e. The van der Waals surface area contributed by atoms with Crippen molar-refractivity contribution >= 4 is 35.5 Å². The summed E-state index contributed by atoms with van der Waals surface area (Å²) in [7, 11) is 0. The van der Waals surface area contributed by atoms with Crippen molar-refractivity contribution in [3.63, 3.8) is 0 Å². The molecule has 9 nitrogen and oxygen atoms in total. The Labute approximate surface area is 272 Å². The van der Waals surface area contributed by atoms with Gasteiger partial charge in [0.1, 0.15) is 6.54 Å². The minimum atomic E-state index is -0.249. The van der Waals surface area contributed by atoms with Crippen LogP contribution in [0.4, 0.5) is 5.69 Å². The fraction of sp³-hybridized carbons (Fsp3) is 0.200. The van der Waals surface area contributed by atoms with Crippen LogP contribution in [0.25, 0.3) is 0 Å². The van der Waals surface area contributed by atoms with Gasteiger partial charge in [0.15, 0.2) is 12.4 Å². The molecule has 0 spiro atoms. The van der Waals surface area contributed by atoms with Crippen LogP contribution in [0.3, 0.4) is 0 Å². The topological polar surface area (TPSA) is 94.2 Å². The van der Waals surface area contributed by atoms with Gasteiger partial charge in [-0.2, -0.15) is 5.10 Å². The van der Waals surface area contributed by atoms with E-state index in [0.29, 0.717) is 54.7 Å². The molecule has 3 heterocycles. The predicted molar refractivity (Wildman–Crippen MR) is 165 cm³/mol. The van der Waals surface area contributed by atoms with Crippen molar-refractivity contribution in [1.82, 2.24) is 9.80 Å². The molecule has 4 aromatic rings. The SMILES string of the molecule is O=C1c2ccccc2C(=O)N1CCCC[n+]1ccc(/C=N/N(CCCN2C(=O)c3ccccc3C2=O)c2ccccc2)cc1.[Br-]. The third kappa shape index (κ3) is 6.76. The highest BCUT2D eigenvalue weighted by atomic mass is 79.9. The van der Waals surface area contributed by atoms with Crippen LogP contribution in [0, 0.1) is 0 Å². The Balaban J connectivity index is 0.00000400. The number of fused-ring (bicyclic) bond motifs is 2.